The monoisotopic (exact) mass is 654 g/mol. The first-order valence-electron chi connectivity index (χ1n) is 14.9. The predicted molar refractivity (Wildman–Crippen MR) is 184 cm³/mol. The Hall–Kier alpha value is -2.22. The fourth-order valence-corrected chi connectivity index (χ4v) is 9.60. The van der Waals surface area contributed by atoms with E-state index in [2.05, 4.69) is 65.9 Å². The van der Waals surface area contributed by atoms with Crippen LogP contribution in [0.15, 0.2) is 46.3 Å². The smallest absolute Gasteiger partial charge is 0.242 e. The first kappa shape index (κ1) is 30.8. The van der Waals surface area contributed by atoms with Crippen molar-refractivity contribution in [3.8, 4) is 0 Å². The van der Waals surface area contributed by atoms with Crippen molar-refractivity contribution in [2.75, 3.05) is 44.3 Å². The zero-order valence-corrected chi connectivity index (χ0v) is 28.4. The van der Waals surface area contributed by atoms with Gasteiger partial charge in [0.1, 0.15) is 9.15 Å². The molecule has 0 unspecified atom stereocenters. The number of carbonyl (C=O) groups excluding carboxylic acids is 1. The largest absolute Gasteiger partial charge is 0.379 e. The first-order valence-corrected chi connectivity index (χ1v) is 17.7. The van der Waals surface area contributed by atoms with Crippen LogP contribution in [0.1, 0.15) is 58.3 Å². The van der Waals surface area contributed by atoms with E-state index in [0.29, 0.717) is 15.1 Å². The summed E-state index contributed by atoms with van der Waals surface area (Å²) in [5.41, 5.74) is 2.92. The first-order chi connectivity index (χ1) is 20.6. The van der Waals surface area contributed by atoms with E-state index in [0.717, 1.165) is 77.7 Å². The van der Waals surface area contributed by atoms with Gasteiger partial charge in [0.15, 0.2) is 0 Å². The van der Waals surface area contributed by atoms with E-state index in [4.69, 9.17) is 21.9 Å². The third-order valence-electron chi connectivity index (χ3n) is 8.38. The van der Waals surface area contributed by atoms with E-state index in [9.17, 15) is 4.79 Å². The summed E-state index contributed by atoms with van der Waals surface area (Å²) in [5.74, 6) is 0. The van der Waals surface area contributed by atoms with Gasteiger partial charge in [0.25, 0.3) is 0 Å². The molecule has 0 atom stereocenters. The van der Waals surface area contributed by atoms with E-state index in [1.165, 1.54) is 36.3 Å². The summed E-state index contributed by atoms with van der Waals surface area (Å²) in [6, 6.07) is 10.5. The van der Waals surface area contributed by atoms with Crippen LogP contribution < -0.4 is 4.90 Å². The molecule has 8 nitrogen and oxygen atoms in total. The van der Waals surface area contributed by atoms with Crippen LogP contribution in [0.3, 0.4) is 0 Å². The number of thioether (sulfide) groups is 1. The average molecular weight is 655 g/mol. The fourth-order valence-electron chi connectivity index (χ4n) is 6.48. The second-order valence-corrected chi connectivity index (χ2v) is 16.2. The van der Waals surface area contributed by atoms with Crippen LogP contribution in [0.2, 0.25) is 0 Å². The van der Waals surface area contributed by atoms with E-state index < -0.39 is 0 Å². The predicted octanol–water partition coefficient (Wildman–Crippen LogP) is 8.24. The Kier molecular flexibility index (Phi) is 9.06. The minimum atomic E-state index is 0.00834. The maximum Gasteiger partial charge on any atom is 0.242 e. The van der Waals surface area contributed by atoms with Crippen LogP contribution in [0.5, 0.6) is 0 Å². The number of rotatable bonds is 8. The third kappa shape index (κ3) is 6.89. The highest BCUT2D eigenvalue weighted by Gasteiger charge is 2.41. The van der Waals surface area contributed by atoms with Gasteiger partial charge in [0.2, 0.25) is 10.2 Å². The number of fused-ring (bicyclic) bond motifs is 1. The Morgan fingerprint density at radius 2 is 1.74 bits per heavy atom. The Bertz CT molecular complexity index is 1500. The molecule has 0 amide bonds. The quantitative estimate of drug-likeness (QED) is 0.137. The molecule has 3 aliphatic heterocycles. The van der Waals surface area contributed by atoms with Gasteiger partial charge < -0.3 is 14.5 Å². The van der Waals surface area contributed by atoms with Crippen LogP contribution >= 0.6 is 46.7 Å². The number of hydrogen-bond acceptors (Lipinski definition) is 11. The molecular weight excluding hydrogens is 617 g/mol. The molecule has 228 valence electrons. The maximum atomic E-state index is 12.8. The normalized spacial score (nSPS) is 22.1. The summed E-state index contributed by atoms with van der Waals surface area (Å²) in [7, 11) is 0. The van der Waals surface area contributed by atoms with Crippen molar-refractivity contribution < 1.29 is 9.53 Å². The number of thiazole rings is 1. The zero-order chi connectivity index (χ0) is 30.2. The Labute approximate surface area is 271 Å². The second kappa shape index (κ2) is 12.6. The van der Waals surface area contributed by atoms with Crippen molar-refractivity contribution in [2.45, 2.75) is 64.5 Å². The van der Waals surface area contributed by atoms with Crippen molar-refractivity contribution in [3.63, 3.8) is 0 Å². The zero-order valence-electron chi connectivity index (χ0n) is 25.2. The van der Waals surface area contributed by atoms with Gasteiger partial charge in [-0.1, -0.05) is 23.6 Å². The number of ether oxygens (including phenoxy) is 1. The molecular formula is C31H38N6O2S4. The van der Waals surface area contributed by atoms with Gasteiger partial charge in [-0.15, -0.1) is 21.6 Å². The lowest BCUT2D eigenvalue weighted by Crippen LogP contribution is -2.58. The molecule has 6 rings (SSSR count). The molecule has 5 heterocycles. The Morgan fingerprint density at radius 3 is 2.44 bits per heavy atom. The summed E-state index contributed by atoms with van der Waals surface area (Å²) in [6.45, 7) is 14.5. The van der Waals surface area contributed by atoms with Crippen LogP contribution in [0.25, 0.3) is 15.6 Å². The molecule has 12 heteroatoms. The topological polar surface area (TPSA) is 73.6 Å². The van der Waals surface area contributed by atoms with E-state index >= 15 is 0 Å². The van der Waals surface area contributed by atoms with Crippen LogP contribution in [-0.2, 0) is 9.53 Å². The van der Waals surface area contributed by atoms with Crippen molar-refractivity contribution >= 4 is 88.2 Å². The maximum absolute atomic E-state index is 12.8. The van der Waals surface area contributed by atoms with E-state index in [1.807, 2.05) is 23.1 Å². The number of nitrogens with zero attached hydrogens (tertiary/aromatic N) is 6. The lowest BCUT2D eigenvalue weighted by atomic mass is 9.79. The Morgan fingerprint density at radius 1 is 1.02 bits per heavy atom. The molecule has 0 aliphatic carbocycles. The molecule has 0 radical (unpaired) electrons. The number of thiophene rings is 1. The summed E-state index contributed by atoms with van der Waals surface area (Å²) >= 11 is 9.75. The van der Waals surface area contributed by atoms with Gasteiger partial charge in [-0.25, -0.2) is 4.98 Å². The van der Waals surface area contributed by atoms with E-state index in [-0.39, 0.29) is 16.2 Å². The second-order valence-electron chi connectivity index (χ2n) is 12.5. The lowest BCUT2D eigenvalue weighted by molar-refractivity contribution is -0.108. The van der Waals surface area contributed by atoms with Gasteiger partial charge in [-0.3, -0.25) is 9.69 Å². The summed E-state index contributed by atoms with van der Waals surface area (Å²) in [6.07, 6.45) is 6.53. The third-order valence-corrected chi connectivity index (χ3v) is 11.6. The number of azo groups is 1. The number of morpholine rings is 1. The molecule has 3 fully saturated rings. The number of piperidine rings is 1. The number of anilines is 1. The summed E-state index contributed by atoms with van der Waals surface area (Å²) in [5, 5.41) is 9.55. The number of thiocarbonyl (C=S) groups is 1. The Balaban J connectivity index is 1.11. The van der Waals surface area contributed by atoms with E-state index in [1.54, 1.807) is 11.3 Å². The molecule has 43 heavy (non-hydrogen) atoms. The molecule has 3 saturated heterocycles. The molecule has 0 N–H and O–H groups in total. The molecule has 0 spiro atoms. The van der Waals surface area contributed by atoms with Gasteiger partial charge in [-0.2, -0.15) is 0 Å². The molecule has 2 aromatic heterocycles. The molecule has 0 saturated carbocycles. The highest BCUT2D eigenvalue weighted by Crippen LogP contribution is 2.42. The highest BCUT2D eigenvalue weighted by molar-refractivity contribution is 8.33. The number of aromatic nitrogens is 1. The molecule has 0 bridgehead atoms. The van der Waals surface area contributed by atoms with Crippen LogP contribution in [-0.4, -0.2) is 74.7 Å². The fraction of sp³-hybridized carbons (Fsp3) is 0.516. The molecule has 1 aromatic carbocycles. The number of carbonyl (C=O) groups is 1. The van der Waals surface area contributed by atoms with Crippen LogP contribution in [0.4, 0.5) is 16.5 Å². The minimum absolute atomic E-state index is 0.00834. The summed E-state index contributed by atoms with van der Waals surface area (Å²) in [4.78, 5) is 26.3. The SMILES string of the molecule is CC1(C)CCCC(C)(C)N1c1ccc(N=Nc2nc3sc(/C=C4\C(=O)SC(=S)N4CCCN4CCOCC4)cc3s2)cc1. The van der Waals surface area contributed by atoms with Gasteiger partial charge >= 0.3 is 0 Å². The van der Waals surface area contributed by atoms with Crippen molar-refractivity contribution in [1.29, 1.82) is 0 Å². The van der Waals surface area contributed by atoms with Crippen molar-refractivity contribution in [2.24, 2.45) is 10.2 Å². The lowest BCUT2D eigenvalue weighted by Gasteiger charge is -2.54. The highest BCUT2D eigenvalue weighted by atomic mass is 32.2. The standard InChI is InChI=1S/C31H38N6O2S4/c1-30(2)11-5-12-31(3,4)37(30)22-9-7-21(8-10-22)33-34-28-32-26-25(42-28)20-23(41-26)19-24-27(38)43-29(40)36(24)14-6-13-35-15-17-39-18-16-35/h7-10,19-20H,5-6,11-18H2,1-4H3/b24-19+,34-33?. The van der Waals surface area contributed by atoms with Crippen molar-refractivity contribution in [3.05, 3.63) is 40.9 Å². The summed E-state index contributed by atoms with van der Waals surface area (Å²) < 4.78 is 7.11. The van der Waals surface area contributed by atoms with Crippen LogP contribution in [0, 0.1) is 0 Å². The molecule has 3 aromatic rings. The van der Waals surface area contributed by atoms with Gasteiger partial charge in [0.05, 0.1) is 29.3 Å². The number of benzene rings is 1. The van der Waals surface area contributed by atoms with Crippen molar-refractivity contribution in [1.82, 2.24) is 14.8 Å². The number of hydrogen-bond donors (Lipinski definition) is 0. The molecule has 3 aliphatic rings. The average Bonchev–Trinajstić information content (AvgIpc) is 3.59. The van der Waals surface area contributed by atoms with Gasteiger partial charge in [0, 0.05) is 47.8 Å². The minimum Gasteiger partial charge on any atom is -0.379 e. The van der Waals surface area contributed by atoms with Gasteiger partial charge in [-0.05, 0) is 102 Å².